The summed E-state index contributed by atoms with van der Waals surface area (Å²) in [5.41, 5.74) is 0.522. The van der Waals surface area contributed by atoms with E-state index >= 15 is 0 Å². The molecule has 1 N–H and O–H groups in total. The Morgan fingerprint density at radius 1 is 1.53 bits per heavy atom. The smallest absolute Gasteiger partial charge is 0.309 e. The van der Waals surface area contributed by atoms with Crippen molar-refractivity contribution in [2.75, 3.05) is 0 Å². The van der Waals surface area contributed by atoms with Crippen LogP contribution in [0.3, 0.4) is 0 Å². The molecule has 0 aliphatic carbocycles. The molecule has 0 saturated heterocycles. The van der Waals surface area contributed by atoms with Gasteiger partial charge in [0.1, 0.15) is 0 Å². The van der Waals surface area contributed by atoms with Gasteiger partial charge in [-0.2, -0.15) is 0 Å². The van der Waals surface area contributed by atoms with E-state index < -0.39 is 5.97 Å². The molecule has 0 unspecified atom stereocenters. The molecule has 1 heterocycles. The Labute approximate surface area is 89.1 Å². The van der Waals surface area contributed by atoms with Gasteiger partial charge in [0.05, 0.1) is 12.1 Å². The van der Waals surface area contributed by atoms with Gasteiger partial charge in [0.15, 0.2) is 0 Å². The van der Waals surface area contributed by atoms with Gasteiger partial charge in [-0.05, 0) is 5.92 Å². The maximum atomic E-state index is 10.4. The van der Waals surface area contributed by atoms with Gasteiger partial charge >= 0.3 is 5.97 Å². The average molecular weight is 211 g/mol. The molecule has 0 fully saturated rings. The molecule has 1 aromatic rings. The lowest BCUT2D eigenvalue weighted by Gasteiger charge is -2.10. The van der Waals surface area contributed by atoms with Crippen LogP contribution in [0, 0.1) is 5.92 Å². The quantitative estimate of drug-likeness (QED) is 0.771. The summed E-state index contributed by atoms with van der Waals surface area (Å²) < 4.78 is 1.73. The minimum absolute atomic E-state index is 0.0527. The fourth-order valence-electron chi connectivity index (χ4n) is 1.48. The summed E-state index contributed by atoms with van der Waals surface area (Å²) in [6.45, 7) is 5.10. The topological polar surface area (TPSA) is 68.0 Å². The third-order valence-corrected chi connectivity index (χ3v) is 2.52. The SMILES string of the molecule is CCC(CC)Cn1cc(CC(=O)O)nn1. The largest absolute Gasteiger partial charge is 0.481 e. The van der Waals surface area contributed by atoms with Crippen LogP contribution in [0.15, 0.2) is 6.20 Å². The van der Waals surface area contributed by atoms with Crippen LogP contribution in [-0.4, -0.2) is 26.1 Å². The van der Waals surface area contributed by atoms with Crippen molar-refractivity contribution in [3.05, 3.63) is 11.9 Å². The number of carbonyl (C=O) groups is 1. The maximum absolute atomic E-state index is 10.4. The third kappa shape index (κ3) is 3.69. The first-order valence-corrected chi connectivity index (χ1v) is 5.26. The van der Waals surface area contributed by atoms with Gasteiger partial charge < -0.3 is 5.11 Å². The van der Waals surface area contributed by atoms with Gasteiger partial charge in [0, 0.05) is 12.7 Å². The first kappa shape index (κ1) is 11.7. The lowest BCUT2D eigenvalue weighted by molar-refractivity contribution is -0.136. The summed E-state index contributed by atoms with van der Waals surface area (Å²) in [7, 11) is 0. The van der Waals surface area contributed by atoms with Crippen molar-refractivity contribution in [2.24, 2.45) is 5.92 Å². The lowest BCUT2D eigenvalue weighted by Crippen LogP contribution is -2.09. The number of rotatable bonds is 6. The van der Waals surface area contributed by atoms with E-state index in [9.17, 15) is 4.79 Å². The highest BCUT2D eigenvalue weighted by atomic mass is 16.4. The summed E-state index contributed by atoms with van der Waals surface area (Å²) >= 11 is 0. The van der Waals surface area contributed by atoms with E-state index in [4.69, 9.17) is 5.11 Å². The summed E-state index contributed by atoms with van der Waals surface area (Å²) in [5.74, 6) is -0.283. The minimum Gasteiger partial charge on any atom is -0.481 e. The Morgan fingerprint density at radius 2 is 2.20 bits per heavy atom. The second-order valence-corrected chi connectivity index (χ2v) is 3.68. The van der Waals surface area contributed by atoms with E-state index in [1.807, 2.05) is 0 Å². The van der Waals surface area contributed by atoms with E-state index in [0.29, 0.717) is 11.6 Å². The highest BCUT2D eigenvalue weighted by Gasteiger charge is 2.08. The number of nitrogens with zero attached hydrogens (tertiary/aromatic N) is 3. The lowest BCUT2D eigenvalue weighted by atomic mass is 10.0. The third-order valence-electron chi connectivity index (χ3n) is 2.52. The van der Waals surface area contributed by atoms with Crippen molar-refractivity contribution in [2.45, 2.75) is 39.7 Å². The van der Waals surface area contributed by atoms with Crippen LogP contribution in [0.4, 0.5) is 0 Å². The van der Waals surface area contributed by atoms with Gasteiger partial charge in [0.2, 0.25) is 0 Å². The molecule has 1 aromatic heterocycles. The Balaban J connectivity index is 2.55. The number of aliphatic carboxylic acids is 1. The fourth-order valence-corrected chi connectivity index (χ4v) is 1.48. The van der Waals surface area contributed by atoms with E-state index in [1.165, 1.54) is 0 Å². The summed E-state index contributed by atoms with van der Waals surface area (Å²) in [4.78, 5) is 10.4. The predicted octanol–water partition coefficient (Wildman–Crippen LogP) is 1.34. The molecule has 5 heteroatoms. The fraction of sp³-hybridized carbons (Fsp3) is 0.700. The molecule has 0 atom stereocenters. The summed E-state index contributed by atoms with van der Waals surface area (Å²) in [6, 6.07) is 0. The Bertz CT molecular complexity index is 318. The highest BCUT2D eigenvalue weighted by Crippen LogP contribution is 2.10. The standard InChI is InChI=1S/C10H17N3O2/c1-3-8(4-2)6-13-7-9(11-12-13)5-10(14)15/h7-8H,3-6H2,1-2H3,(H,14,15). The second-order valence-electron chi connectivity index (χ2n) is 3.68. The molecule has 0 radical (unpaired) electrons. The first-order chi connectivity index (χ1) is 7.15. The second kappa shape index (κ2) is 5.48. The van der Waals surface area contributed by atoms with Gasteiger partial charge in [-0.1, -0.05) is 31.9 Å². The molecule has 0 aromatic carbocycles. The van der Waals surface area contributed by atoms with Gasteiger partial charge in [-0.3, -0.25) is 9.48 Å². The molecule has 0 saturated carbocycles. The molecule has 5 nitrogen and oxygen atoms in total. The zero-order valence-electron chi connectivity index (χ0n) is 9.18. The van der Waals surface area contributed by atoms with Gasteiger partial charge in [-0.25, -0.2) is 0 Å². The molecule has 0 aliphatic rings. The van der Waals surface area contributed by atoms with Crippen molar-refractivity contribution in [1.82, 2.24) is 15.0 Å². The van der Waals surface area contributed by atoms with Crippen LogP contribution in [0.5, 0.6) is 0 Å². The molecule has 1 rings (SSSR count). The minimum atomic E-state index is -0.871. The number of carboxylic acid groups (broad SMARTS) is 1. The summed E-state index contributed by atoms with van der Waals surface area (Å²) in [6.07, 6.45) is 3.87. The predicted molar refractivity (Wildman–Crippen MR) is 55.4 cm³/mol. The van der Waals surface area contributed by atoms with Crippen molar-refractivity contribution in [1.29, 1.82) is 0 Å². The van der Waals surface area contributed by atoms with Gasteiger partial charge in [-0.15, -0.1) is 5.10 Å². The average Bonchev–Trinajstić information content (AvgIpc) is 2.61. The zero-order chi connectivity index (χ0) is 11.3. The van der Waals surface area contributed by atoms with Crippen LogP contribution in [0.25, 0.3) is 0 Å². The van der Waals surface area contributed by atoms with E-state index in [0.717, 1.165) is 19.4 Å². The van der Waals surface area contributed by atoms with Crippen molar-refractivity contribution < 1.29 is 9.90 Å². The van der Waals surface area contributed by atoms with Crippen molar-refractivity contribution >= 4 is 5.97 Å². The first-order valence-electron chi connectivity index (χ1n) is 5.26. The number of aromatic nitrogens is 3. The molecule has 84 valence electrons. The number of hydrogen-bond acceptors (Lipinski definition) is 3. The molecule has 0 spiro atoms. The molecular formula is C10H17N3O2. The van der Waals surface area contributed by atoms with Crippen LogP contribution in [0.2, 0.25) is 0 Å². The Morgan fingerprint density at radius 3 is 2.73 bits per heavy atom. The highest BCUT2D eigenvalue weighted by molar-refractivity contribution is 5.69. The molecule has 0 bridgehead atoms. The molecular weight excluding hydrogens is 194 g/mol. The van der Waals surface area contributed by atoms with Crippen molar-refractivity contribution in [3.63, 3.8) is 0 Å². The van der Waals surface area contributed by atoms with E-state index in [-0.39, 0.29) is 6.42 Å². The van der Waals surface area contributed by atoms with Crippen LogP contribution in [-0.2, 0) is 17.8 Å². The summed E-state index contributed by atoms with van der Waals surface area (Å²) in [5, 5.41) is 16.3. The van der Waals surface area contributed by atoms with Crippen LogP contribution in [0.1, 0.15) is 32.4 Å². The number of carboxylic acids is 1. The van der Waals surface area contributed by atoms with Gasteiger partial charge in [0.25, 0.3) is 0 Å². The van der Waals surface area contributed by atoms with Crippen LogP contribution >= 0.6 is 0 Å². The molecule has 15 heavy (non-hydrogen) atoms. The maximum Gasteiger partial charge on any atom is 0.309 e. The van der Waals surface area contributed by atoms with E-state index in [2.05, 4.69) is 24.2 Å². The Kier molecular flexibility index (Phi) is 4.27. The van der Waals surface area contributed by atoms with Crippen molar-refractivity contribution in [3.8, 4) is 0 Å². The zero-order valence-corrected chi connectivity index (χ0v) is 9.18. The Hall–Kier alpha value is -1.39. The monoisotopic (exact) mass is 211 g/mol. The number of hydrogen-bond donors (Lipinski definition) is 1. The molecule has 0 amide bonds. The molecule has 0 aliphatic heterocycles. The van der Waals surface area contributed by atoms with E-state index in [1.54, 1.807) is 10.9 Å². The normalized spacial score (nSPS) is 10.9. The van der Waals surface area contributed by atoms with Crippen LogP contribution < -0.4 is 0 Å².